The molecule has 0 fully saturated rings. The third-order valence-electron chi connectivity index (χ3n) is 3.21. The molecule has 2 aromatic heterocycles. The Morgan fingerprint density at radius 3 is 2.71 bits per heavy atom. The molecule has 0 aliphatic heterocycles. The molecule has 3 rings (SSSR count). The Morgan fingerprint density at radius 2 is 2.00 bits per heavy atom. The Kier molecular flexibility index (Phi) is 3.27. The lowest BCUT2D eigenvalue weighted by Crippen LogP contribution is -1.92. The van der Waals surface area contributed by atoms with Crippen LogP contribution in [0, 0.1) is 0 Å². The van der Waals surface area contributed by atoms with Gasteiger partial charge in [-0.25, -0.2) is 9.50 Å². The maximum Gasteiger partial charge on any atom is 0.166 e. The second-order valence-corrected chi connectivity index (χ2v) is 4.34. The lowest BCUT2D eigenvalue weighted by atomic mass is 10.1. The molecular weight excluding hydrogens is 270 g/mol. The summed E-state index contributed by atoms with van der Waals surface area (Å²) in [6, 6.07) is 7.15. The topological polar surface area (TPSA) is 65.7 Å². The highest BCUT2D eigenvalue weighted by Crippen LogP contribution is 2.33. The number of benzene rings is 1. The summed E-state index contributed by atoms with van der Waals surface area (Å²) in [5.41, 5.74) is 2.30. The summed E-state index contributed by atoms with van der Waals surface area (Å²) >= 11 is 0. The van der Waals surface area contributed by atoms with Crippen LogP contribution < -0.4 is 9.47 Å². The van der Waals surface area contributed by atoms with E-state index in [1.165, 1.54) is 0 Å². The van der Waals surface area contributed by atoms with Gasteiger partial charge in [0.2, 0.25) is 0 Å². The number of ether oxygens (including phenoxy) is 2. The van der Waals surface area contributed by atoms with E-state index in [9.17, 15) is 4.79 Å². The molecule has 0 unspecified atom stereocenters. The molecule has 0 amide bonds. The average molecular weight is 283 g/mol. The first kappa shape index (κ1) is 13.1. The monoisotopic (exact) mass is 283 g/mol. The third kappa shape index (κ3) is 2.10. The van der Waals surface area contributed by atoms with Gasteiger partial charge >= 0.3 is 0 Å². The van der Waals surface area contributed by atoms with Gasteiger partial charge in [-0.05, 0) is 24.3 Å². The second kappa shape index (κ2) is 5.24. The summed E-state index contributed by atoms with van der Waals surface area (Å²) in [6.45, 7) is 0. The summed E-state index contributed by atoms with van der Waals surface area (Å²) in [7, 11) is 3.14. The SMILES string of the molecule is COc1ccc(-c2nn3cccnc3c2C=O)cc1OC. The molecule has 0 saturated carbocycles. The van der Waals surface area contributed by atoms with E-state index in [2.05, 4.69) is 10.1 Å². The van der Waals surface area contributed by atoms with Gasteiger partial charge in [-0.15, -0.1) is 0 Å². The normalized spacial score (nSPS) is 10.6. The molecule has 0 aliphatic rings. The Balaban J connectivity index is 2.22. The van der Waals surface area contributed by atoms with Crippen LogP contribution in [0.25, 0.3) is 16.9 Å². The fraction of sp³-hybridized carbons (Fsp3) is 0.133. The van der Waals surface area contributed by atoms with Crippen molar-refractivity contribution in [2.75, 3.05) is 14.2 Å². The van der Waals surface area contributed by atoms with Gasteiger partial charge in [-0.1, -0.05) is 0 Å². The molecular formula is C15H13N3O3. The van der Waals surface area contributed by atoms with Gasteiger partial charge in [0.1, 0.15) is 5.69 Å². The van der Waals surface area contributed by atoms with Crippen molar-refractivity contribution in [3.05, 3.63) is 42.2 Å². The second-order valence-electron chi connectivity index (χ2n) is 4.34. The number of carbonyl (C=O) groups excluding carboxylic acids is 1. The third-order valence-corrected chi connectivity index (χ3v) is 3.21. The standard InChI is InChI=1S/C15H13N3O3/c1-20-12-5-4-10(8-13(12)21-2)14-11(9-19)15-16-6-3-7-18(15)17-14/h3-9H,1-2H3. The molecule has 0 radical (unpaired) electrons. The molecule has 106 valence electrons. The number of nitrogens with zero attached hydrogens (tertiary/aromatic N) is 3. The van der Waals surface area contributed by atoms with Crippen molar-refractivity contribution in [3.63, 3.8) is 0 Å². The van der Waals surface area contributed by atoms with Crippen LogP contribution in [0.5, 0.6) is 11.5 Å². The van der Waals surface area contributed by atoms with Crippen LogP contribution in [0.2, 0.25) is 0 Å². The van der Waals surface area contributed by atoms with Crippen LogP contribution in [0.1, 0.15) is 10.4 Å². The van der Waals surface area contributed by atoms with E-state index in [4.69, 9.17) is 9.47 Å². The smallest absolute Gasteiger partial charge is 0.166 e. The molecule has 0 N–H and O–H groups in total. The van der Waals surface area contributed by atoms with E-state index in [0.29, 0.717) is 28.4 Å². The van der Waals surface area contributed by atoms with Crippen molar-refractivity contribution >= 4 is 11.9 Å². The number of hydrogen-bond acceptors (Lipinski definition) is 5. The molecule has 0 bridgehead atoms. The van der Waals surface area contributed by atoms with Crippen LogP contribution in [0.4, 0.5) is 0 Å². The molecule has 0 spiro atoms. The molecule has 1 aromatic carbocycles. The molecule has 0 aliphatic carbocycles. The molecule has 6 nitrogen and oxygen atoms in total. The van der Waals surface area contributed by atoms with Crippen LogP contribution >= 0.6 is 0 Å². The molecule has 21 heavy (non-hydrogen) atoms. The molecule has 3 aromatic rings. The maximum atomic E-state index is 11.4. The Hall–Kier alpha value is -2.89. The van der Waals surface area contributed by atoms with Crippen molar-refractivity contribution in [2.45, 2.75) is 0 Å². The number of aldehydes is 1. The highest BCUT2D eigenvalue weighted by molar-refractivity contribution is 5.93. The highest BCUT2D eigenvalue weighted by atomic mass is 16.5. The maximum absolute atomic E-state index is 11.4. The number of fused-ring (bicyclic) bond motifs is 1. The highest BCUT2D eigenvalue weighted by Gasteiger charge is 2.16. The minimum absolute atomic E-state index is 0.447. The zero-order chi connectivity index (χ0) is 14.8. The van der Waals surface area contributed by atoms with Crippen molar-refractivity contribution in [1.82, 2.24) is 14.6 Å². The first-order chi connectivity index (χ1) is 10.3. The van der Waals surface area contributed by atoms with Crippen LogP contribution in [0.15, 0.2) is 36.7 Å². The predicted octanol–water partition coefficient (Wildman–Crippen LogP) is 2.23. The lowest BCUT2D eigenvalue weighted by Gasteiger charge is -2.08. The summed E-state index contributed by atoms with van der Waals surface area (Å²) < 4.78 is 12.1. The minimum Gasteiger partial charge on any atom is -0.493 e. The lowest BCUT2D eigenvalue weighted by molar-refractivity contribution is 0.112. The Labute approximate surface area is 120 Å². The van der Waals surface area contributed by atoms with Crippen LogP contribution in [-0.2, 0) is 0 Å². The van der Waals surface area contributed by atoms with Crippen molar-refractivity contribution in [2.24, 2.45) is 0 Å². The van der Waals surface area contributed by atoms with Gasteiger partial charge in [0.25, 0.3) is 0 Å². The van der Waals surface area contributed by atoms with E-state index in [1.54, 1.807) is 49.3 Å². The van der Waals surface area contributed by atoms with Crippen molar-refractivity contribution in [3.8, 4) is 22.8 Å². The van der Waals surface area contributed by atoms with Gasteiger partial charge in [0.05, 0.1) is 19.8 Å². The van der Waals surface area contributed by atoms with Gasteiger partial charge in [-0.3, -0.25) is 4.79 Å². The van der Waals surface area contributed by atoms with Crippen LogP contribution in [-0.4, -0.2) is 35.1 Å². The van der Waals surface area contributed by atoms with E-state index >= 15 is 0 Å². The number of aromatic nitrogens is 3. The predicted molar refractivity (Wildman–Crippen MR) is 76.9 cm³/mol. The fourth-order valence-electron chi connectivity index (χ4n) is 2.21. The van der Waals surface area contributed by atoms with Gasteiger partial charge < -0.3 is 9.47 Å². The Morgan fingerprint density at radius 1 is 1.19 bits per heavy atom. The molecule has 2 heterocycles. The largest absolute Gasteiger partial charge is 0.493 e. The van der Waals surface area contributed by atoms with Crippen molar-refractivity contribution < 1.29 is 14.3 Å². The van der Waals surface area contributed by atoms with Crippen LogP contribution in [0.3, 0.4) is 0 Å². The van der Waals surface area contributed by atoms with E-state index in [-0.39, 0.29) is 0 Å². The average Bonchev–Trinajstić information content (AvgIpc) is 2.92. The minimum atomic E-state index is 0.447. The van der Waals surface area contributed by atoms with Crippen molar-refractivity contribution in [1.29, 1.82) is 0 Å². The molecule has 0 atom stereocenters. The quantitative estimate of drug-likeness (QED) is 0.687. The van der Waals surface area contributed by atoms with Gasteiger partial charge in [-0.2, -0.15) is 5.10 Å². The van der Waals surface area contributed by atoms with E-state index in [1.807, 2.05) is 6.07 Å². The number of rotatable bonds is 4. The Bertz CT molecular complexity index is 811. The number of hydrogen-bond donors (Lipinski definition) is 0. The molecule has 6 heteroatoms. The zero-order valence-corrected chi connectivity index (χ0v) is 11.6. The van der Waals surface area contributed by atoms with E-state index < -0.39 is 0 Å². The van der Waals surface area contributed by atoms with Gasteiger partial charge in [0.15, 0.2) is 23.4 Å². The number of methoxy groups -OCH3 is 2. The number of carbonyl (C=O) groups is 1. The van der Waals surface area contributed by atoms with E-state index in [0.717, 1.165) is 11.8 Å². The zero-order valence-electron chi connectivity index (χ0n) is 11.6. The van der Waals surface area contributed by atoms with Gasteiger partial charge in [0, 0.05) is 18.0 Å². The summed E-state index contributed by atoms with van der Waals surface area (Å²) in [5.74, 6) is 1.20. The summed E-state index contributed by atoms with van der Waals surface area (Å²) in [6.07, 6.45) is 4.14. The fourth-order valence-corrected chi connectivity index (χ4v) is 2.21. The molecule has 0 saturated heterocycles. The first-order valence-electron chi connectivity index (χ1n) is 6.29. The summed E-state index contributed by atoms with van der Waals surface area (Å²) in [5, 5.41) is 4.41. The summed E-state index contributed by atoms with van der Waals surface area (Å²) in [4.78, 5) is 15.6. The first-order valence-corrected chi connectivity index (χ1v) is 6.29.